The summed E-state index contributed by atoms with van der Waals surface area (Å²) < 4.78 is 10.8. The maximum Gasteiger partial charge on any atom is 0.277 e. The molecule has 6 nitrogen and oxygen atoms in total. The Morgan fingerprint density at radius 1 is 0.967 bits per heavy atom. The molecule has 30 heavy (non-hydrogen) atoms. The minimum Gasteiger partial charge on any atom is -0.497 e. The van der Waals surface area contributed by atoms with Crippen molar-refractivity contribution in [2.75, 3.05) is 27.3 Å². The van der Waals surface area contributed by atoms with E-state index in [1.807, 2.05) is 68.3 Å². The van der Waals surface area contributed by atoms with Gasteiger partial charge in [-0.1, -0.05) is 42.5 Å². The van der Waals surface area contributed by atoms with E-state index < -0.39 is 0 Å². The molecule has 0 unspecified atom stereocenters. The Morgan fingerprint density at radius 3 is 2.23 bits per heavy atom. The molecule has 0 radical (unpaired) electrons. The van der Waals surface area contributed by atoms with Gasteiger partial charge in [-0.25, -0.2) is 0 Å². The zero-order chi connectivity index (χ0) is 21.7. The Bertz CT molecular complexity index is 920. The zero-order valence-corrected chi connectivity index (χ0v) is 17.9. The SMILES string of the molecule is COc1ccc(C2=C(N(C)Cc3ccccc3)C(=O)N(CCOC(C)C)C2=O)cc1. The maximum absolute atomic E-state index is 13.3. The highest BCUT2D eigenvalue weighted by molar-refractivity contribution is 6.35. The third kappa shape index (κ3) is 4.71. The van der Waals surface area contributed by atoms with Crippen LogP contribution in [0.2, 0.25) is 0 Å². The topological polar surface area (TPSA) is 59.1 Å². The van der Waals surface area contributed by atoms with Gasteiger partial charge in [0.2, 0.25) is 0 Å². The quantitative estimate of drug-likeness (QED) is 0.596. The molecule has 0 saturated heterocycles. The molecule has 0 fully saturated rings. The van der Waals surface area contributed by atoms with Crippen LogP contribution in [-0.4, -0.2) is 55.0 Å². The number of benzene rings is 2. The predicted octanol–water partition coefficient (Wildman–Crippen LogP) is 3.33. The van der Waals surface area contributed by atoms with Gasteiger partial charge in [-0.05, 0) is 37.1 Å². The molecular weight excluding hydrogens is 380 g/mol. The van der Waals surface area contributed by atoms with Crippen LogP contribution in [0.3, 0.4) is 0 Å². The second kappa shape index (κ2) is 9.59. The van der Waals surface area contributed by atoms with Crippen molar-refractivity contribution in [3.05, 3.63) is 71.4 Å². The average molecular weight is 408 g/mol. The molecule has 0 bridgehead atoms. The van der Waals surface area contributed by atoms with Gasteiger partial charge in [0.1, 0.15) is 11.4 Å². The molecule has 2 amide bonds. The van der Waals surface area contributed by atoms with Crippen LogP contribution < -0.4 is 4.74 Å². The number of nitrogens with zero attached hydrogens (tertiary/aromatic N) is 2. The van der Waals surface area contributed by atoms with Gasteiger partial charge in [0.05, 0.1) is 31.9 Å². The summed E-state index contributed by atoms with van der Waals surface area (Å²) >= 11 is 0. The number of amides is 2. The molecular formula is C24H28N2O4. The van der Waals surface area contributed by atoms with Gasteiger partial charge in [-0.15, -0.1) is 0 Å². The highest BCUT2D eigenvalue weighted by atomic mass is 16.5. The van der Waals surface area contributed by atoms with Crippen molar-refractivity contribution in [1.82, 2.24) is 9.80 Å². The lowest BCUT2D eigenvalue weighted by atomic mass is 10.0. The lowest BCUT2D eigenvalue weighted by molar-refractivity contribution is -0.138. The molecule has 3 rings (SSSR count). The fourth-order valence-electron chi connectivity index (χ4n) is 3.45. The Labute approximate surface area is 177 Å². The summed E-state index contributed by atoms with van der Waals surface area (Å²) in [4.78, 5) is 29.6. The molecule has 0 atom stereocenters. The van der Waals surface area contributed by atoms with E-state index in [1.54, 1.807) is 19.2 Å². The lowest BCUT2D eigenvalue weighted by Crippen LogP contribution is -2.37. The first-order valence-electron chi connectivity index (χ1n) is 10.0. The summed E-state index contributed by atoms with van der Waals surface area (Å²) in [6.07, 6.45) is 0.0343. The van der Waals surface area contributed by atoms with Gasteiger partial charge in [0.25, 0.3) is 11.8 Å². The molecule has 2 aromatic rings. The van der Waals surface area contributed by atoms with E-state index in [9.17, 15) is 9.59 Å². The van der Waals surface area contributed by atoms with Gasteiger partial charge in [-0.3, -0.25) is 14.5 Å². The number of carbonyl (C=O) groups is 2. The van der Waals surface area contributed by atoms with Crippen molar-refractivity contribution in [3.63, 3.8) is 0 Å². The van der Waals surface area contributed by atoms with Crippen LogP contribution in [0, 0.1) is 0 Å². The van der Waals surface area contributed by atoms with E-state index >= 15 is 0 Å². The van der Waals surface area contributed by atoms with Crippen molar-refractivity contribution in [3.8, 4) is 5.75 Å². The predicted molar refractivity (Wildman–Crippen MR) is 116 cm³/mol. The molecule has 0 aromatic heterocycles. The van der Waals surface area contributed by atoms with E-state index in [4.69, 9.17) is 9.47 Å². The number of likely N-dealkylation sites (N-methyl/N-ethyl adjacent to an activating group) is 1. The van der Waals surface area contributed by atoms with Gasteiger partial charge in [0, 0.05) is 13.6 Å². The maximum atomic E-state index is 13.3. The lowest BCUT2D eigenvalue weighted by Gasteiger charge is -2.22. The largest absolute Gasteiger partial charge is 0.497 e. The van der Waals surface area contributed by atoms with Gasteiger partial charge < -0.3 is 14.4 Å². The zero-order valence-electron chi connectivity index (χ0n) is 17.9. The Balaban J connectivity index is 1.94. The molecule has 1 aliphatic rings. The minimum atomic E-state index is -0.299. The number of hydrogen-bond acceptors (Lipinski definition) is 5. The highest BCUT2D eigenvalue weighted by Crippen LogP contribution is 2.32. The Hall–Kier alpha value is -3.12. The van der Waals surface area contributed by atoms with Crippen molar-refractivity contribution in [2.24, 2.45) is 0 Å². The van der Waals surface area contributed by atoms with E-state index in [2.05, 4.69) is 0 Å². The van der Waals surface area contributed by atoms with Gasteiger partial charge >= 0.3 is 0 Å². The van der Waals surface area contributed by atoms with E-state index in [1.165, 1.54) is 4.90 Å². The smallest absolute Gasteiger partial charge is 0.277 e. The van der Waals surface area contributed by atoms with Crippen LogP contribution in [0.15, 0.2) is 60.3 Å². The number of ether oxygens (including phenoxy) is 2. The monoisotopic (exact) mass is 408 g/mol. The van der Waals surface area contributed by atoms with Gasteiger partial charge in [-0.2, -0.15) is 0 Å². The molecule has 2 aromatic carbocycles. The van der Waals surface area contributed by atoms with E-state index in [0.717, 1.165) is 5.56 Å². The number of methoxy groups -OCH3 is 1. The van der Waals surface area contributed by atoms with Crippen LogP contribution in [-0.2, 0) is 20.9 Å². The summed E-state index contributed by atoms with van der Waals surface area (Å²) in [6.45, 7) is 4.89. The summed E-state index contributed by atoms with van der Waals surface area (Å²) in [6, 6.07) is 17.1. The molecule has 0 N–H and O–H groups in total. The van der Waals surface area contributed by atoms with Crippen molar-refractivity contribution < 1.29 is 19.1 Å². The minimum absolute atomic E-state index is 0.0343. The van der Waals surface area contributed by atoms with Crippen molar-refractivity contribution >= 4 is 17.4 Å². The van der Waals surface area contributed by atoms with Crippen LogP contribution >= 0.6 is 0 Å². The normalized spacial score (nSPS) is 14.1. The third-order valence-electron chi connectivity index (χ3n) is 4.93. The van der Waals surface area contributed by atoms with Crippen LogP contribution in [0.25, 0.3) is 5.57 Å². The molecule has 0 saturated carbocycles. The third-order valence-corrected chi connectivity index (χ3v) is 4.93. The second-order valence-electron chi connectivity index (χ2n) is 7.48. The molecule has 1 heterocycles. The number of imide groups is 1. The van der Waals surface area contributed by atoms with Crippen molar-refractivity contribution in [1.29, 1.82) is 0 Å². The summed E-state index contributed by atoms with van der Waals surface area (Å²) in [7, 11) is 3.43. The number of hydrogen-bond donors (Lipinski definition) is 0. The number of rotatable bonds is 9. The fraction of sp³-hybridized carbons (Fsp3) is 0.333. The summed E-state index contributed by atoms with van der Waals surface area (Å²) in [5.41, 5.74) is 2.56. The van der Waals surface area contributed by atoms with Crippen molar-refractivity contribution in [2.45, 2.75) is 26.5 Å². The Kier molecular flexibility index (Phi) is 6.90. The second-order valence-corrected chi connectivity index (χ2v) is 7.48. The first-order valence-corrected chi connectivity index (χ1v) is 10.0. The van der Waals surface area contributed by atoms with E-state index in [-0.39, 0.29) is 24.5 Å². The molecule has 1 aliphatic heterocycles. The fourth-order valence-corrected chi connectivity index (χ4v) is 3.45. The summed E-state index contributed by atoms with van der Waals surface area (Å²) in [5, 5.41) is 0. The first kappa shape index (κ1) is 21.6. The van der Waals surface area contributed by atoms with Crippen LogP contribution in [0.5, 0.6) is 5.75 Å². The van der Waals surface area contributed by atoms with Crippen LogP contribution in [0.4, 0.5) is 0 Å². The molecule has 0 spiro atoms. The van der Waals surface area contributed by atoms with Crippen LogP contribution in [0.1, 0.15) is 25.0 Å². The standard InChI is InChI=1S/C24H28N2O4/c1-17(2)30-15-14-26-23(27)21(19-10-12-20(29-4)13-11-19)22(24(26)28)25(3)16-18-8-6-5-7-9-18/h5-13,17H,14-16H2,1-4H3. The number of carbonyl (C=O) groups excluding carboxylic acids is 2. The molecule has 0 aliphatic carbocycles. The average Bonchev–Trinajstić information content (AvgIpc) is 2.99. The summed E-state index contributed by atoms with van der Waals surface area (Å²) in [5.74, 6) is 0.0987. The van der Waals surface area contributed by atoms with Gasteiger partial charge in [0.15, 0.2) is 0 Å². The Morgan fingerprint density at radius 2 is 1.63 bits per heavy atom. The van der Waals surface area contributed by atoms with E-state index in [0.29, 0.717) is 35.7 Å². The molecule has 158 valence electrons. The highest BCUT2D eigenvalue weighted by Gasteiger charge is 2.40. The molecule has 6 heteroatoms. The first-order chi connectivity index (χ1) is 14.4.